The smallest absolute Gasteiger partial charge is 0.0804 e. The first kappa shape index (κ1) is 10.9. The summed E-state index contributed by atoms with van der Waals surface area (Å²) in [4.78, 5) is 0. The summed E-state index contributed by atoms with van der Waals surface area (Å²) in [6.07, 6.45) is 1.95. The summed E-state index contributed by atoms with van der Waals surface area (Å²) < 4.78 is 0.970. The fourth-order valence-electron chi connectivity index (χ4n) is 1.13. The van der Waals surface area contributed by atoms with Crippen molar-refractivity contribution in [1.29, 1.82) is 0 Å². The van der Waals surface area contributed by atoms with Gasteiger partial charge < -0.3 is 15.3 Å². The van der Waals surface area contributed by atoms with Gasteiger partial charge in [0, 0.05) is 19.4 Å². The van der Waals surface area contributed by atoms with E-state index in [9.17, 15) is 0 Å². The molecule has 0 aliphatic rings. The molecular formula is C8H21N2O+. The molecule has 11 heavy (non-hydrogen) atoms. The minimum absolute atomic E-state index is 0.296. The molecule has 0 radical (unpaired) electrons. The highest BCUT2D eigenvalue weighted by Crippen LogP contribution is 1.99. The number of hydrogen-bond acceptors (Lipinski definition) is 2. The van der Waals surface area contributed by atoms with Crippen LogP contribution in [0.25, 0.3) is 0 Å². The Bertz CT molecular complexity index is 84.1. The monoisotopic (exact) mass is 161 g/mol. The van der Waals surface area contributed by atoms with Crippen molar-refractivity contribution in [3.63, 3.8) is 0 Å². The summed E-state index contributed by atoms with van der Waals surface area (Å²) in [5.74, 6) is 0. The number of aliphatic hydroxyl groups excluding tert-OH is 1. The number of quaternary nitrogens is 1. The van der Waals surface area contributed by atoms with E-state index in [1.54, 1.807) is 0 Å². The number of hydrogen-bond donors (Lipinski definition) is 2. The molecule has 0 aliphatic carbocycles. The Morgan fingerprint density at radius 1 is 1.18 bits per heavy atom. The summed E-state index contributed by atoms with van der Waals surface area (Å²) in [5.41, 5.74) is 5.40. The van der Waals surface area contributed by atoms with Crippen molar-refractivity contribution >= 4 is 0 Å². The lowest BCUT2D eigenvalue weighted by Crippen LogP contribution is -2.42. The molecule has 0 rings (SSSR count). The van der Waals surface area contributed by atoms with Gasteiger partial charge in [-0.2, -0.15) is 0 Å². The molecule has 0 aromatic carbocycles. The molecule has 3 nitrogen and oxygen atoms in total. The Hall–Kier alpha value is -0.120. The summed E-state index contributed by atoms with van der Waals surface area (Å²) in [5, 5.41) is 8.62. The van der Waals surface area contributed by atoms with E-state index in [2.05, 4.69) is 14.1 Å². The maximum Gasteiger partial charge on any atom is 0.0804 e. The molecule has 68 valence electrons. The van der Waals surface area contributed by atoms with Gasteiger partial charge in [0.1, 0.15) is 0 Å². The van der Waals surface area contributed by atoms with Crippen molar-refractivity contribution in [1.82, 2.24) is 0 Å². The Morgan fingerprint density at radius 2 is 1.73 bits per heavy atom. The molecule has 0 unspecified atom stereocenters. The Balaban J connectivity index is 3.43. The molecule has 0 saturated carbocycles. The van der Waals surface area contributed by atoms with Gasteiger partial charge in [0.15, 0.2) is 0 Å². The molecule has 0 heterocycles. The standard InChI is InChI=1S/C8H21N2O/c1-10(2,6-3-5-9)7-4-8-11/h11H,3-9H2,1-2H3/q+1. The zero-order chi connectivity index (χ0) is 8.74. The van der Waals surface area contributed by atoms with E-state index in [1.165, 1.54) is 0 Å². The van der Waals surface area contributed by atoms with Gasteiger partial charge in [0.05, 0.1) is 27.2 Å². The molecule has 0 bridgehead atoms. The molecule has 0 saturated heterocycles. The van der Waals surface area contributed by atoms with Crippen LogP contribution in [0, 0.1) is 0 Å². The minimum Gasteiger partial charge on any atom is -0.396 e. The molecule has 0 amide bonds. The van der Waals surface area contributed by atoms with Gasteiger partial charge in [0.25, 0.3) is 0 Å². The normalized spacial score (nSPS) is 12.0. The summed E-state index contributed by atoms with van der Waals surface area (Å²) in [7, 11) is 4.34. The second kappa shape index (κ2) is 5.52. The van der Waals surface area contributed by atoms with Crippen LogP contribution in [0.15, 0.2) is 0 Å². The van der Waals surface area contributed by atoms with Gasteiger partial charge >= 0.3 is 0 Å². The van der Waals surface area contributed by atoms with Crippen LogP contribution in [0.4, 0.5) is 0 Å². The van der Waals surface area contributed by atoms with Crippen LogP contribution in [0.1, 0.15) is 12.8 Å². The molecular weight excluding hydrogens is 140 g/mol. The van der Waals surface area contributed by atoms with Crippen LogP contribution >= 0.6 is 0 Å². The maximum absolute atomic E-state index is 8.62. The molecule has 0 fully saturated rings. The quantitative estimate of drug-likeness (QED) is 0.530. The van der Waals surface area contributed by atoms with Gasteiger partial charge in [0.2, 0.25) is 0 Å². The lowest BCUT2D eigenvalue weighted by Gasteiger charge is -2.29. The third kappa shape index (κ3) is 6.28. The number of rotatable bonds is 6. The van der Waals surface area contributed by atoms with Gasteiger partial charge in [-0.05, 0) is 6.54 Å². The molecule has 0 aromatic rings. The van der Waals surface area contributed by atoms with E-state index >= 15 is 0 Å². The highest BCUT2D eigenvalue weighted by molar-refractivity contribution is 4.39. The zero-order valence-corrected chi connectivity index (χ0v) is 7.71. The summed E-state index contributed by atoms with van der Waals surface area (Å²) >= 11 is 0. The number of aliphatic hydroxyl groups is 1. The molecule has 3 heteroatoms. The lowest BCUT2D eigenvalue weighted by molar-refractivity contribution is -0.890. The van der Waals surface area contributed by atoms with Gasteiger partial charge in [-0.1, -0.05) is 0 Å². The summed E-state index contributed by atoms with van der Waals surface area (Å²) in [6, 6.07) is 0. The van der Waals surface area contributed by atoms with E-state index in [0.29, 0.717) is 6.61 Å². The van der Waals surface area contributed by atoms with Gasteiger partial charge in [-0.25, -0.2) is 0 Å². The summed E-state index contributed by atoms with van der Waals surface area (Å²) in [6.45, 7) is 3.21. The first-order valence-electron chi connectivity index (χ1n) is 4.25. The highest BCUT2D eigenvalue weighted by Gasteiger charge is 2.12. The lowest BCUT2D eigenvalue weighted by atomic mass is 10.3. The zero-order valence-electron chi connectivity index (χ0n) is 7.71. The predicted octanol–water partition coefficient (Wildman–Crippen LogP) is -0.206. The van der Waals surface area contributed by atoms with E-state index < -0.39 is 0 Å². The van der Waals surface area contributed by atoms with E-state index in [1.807, 2.05) is 0 Å². The Kier molecular flexibility index (Phi) is 5.46. The van der Waals surface area contributed by atoms with Crippen LogP contribution < -0.4 is 5.73 Å². The van der Waals surface area contributed by atoms with Crippen LogP contribution in [-0.2, 0) is 0 Å². The fourth-order valence-corrected chi connectivity index (χ4v) is 1.13. The minimum atomic E-state index is 0.296. The maximum atomic E-state index is 8.62. The first-order valence-corrected chi connectivity index (χ1v) is 4.25. The molecule has 0 aromatic heterocycles. The van der Waals surface area contributed by atoms with Crippen molar-refractivity contribution in [3.8, 4) is 0 Å². The number of nitrogens with two attached hydrogens (primary N) is 1. The second-order valence-electron chi connectivity index (χ2n) is 3.60. The Labute approximate surface area is 69.4 Å². The van der Waals surface area contributed by atoms with Crippen LogP contribution in [0.2, 0.25) is 0 Å². The number of nitrogens with zero attached hydrogens (tertiary/aromatic N) is 1. The molecule has 0 aliphatic heterocycles. The van der Waals surface area contributed by atoms with Crippen molar-refractivity contribution in [2.45, 2.75) is 12.8 Å². The topological polar surface area (TPSA) is 46.2 Å². The molecule has 0 spiro atoms. The average Bonchev–Trinajstić information content (AvgIpc) is 1.97. The molecule has 0 atom stereocenters. The van der Waals surface area contributed by atoms with Crippen molar-refractivity contribution in [2.75, 3.05) is 40.3 Å². The SMILES string of the molecule is C[N+](C)(CCCN)CCCO. The molecule has 3 N–H and O–H groups in total. The largest absolute Gasteiger partial charge is 0.396 e. The van der Waals surface area contributed by atoms with Crippen molar-refractivity contribution in [3.05, 3.63) is 0 Å². The van der Waals surface area contributed by atoms with Crippen molar-refractivity contribution in [2.24, 2.45) is 5.73 Å². The predicted molar refractivity (Wildman–Crippen MR) is 47.2 cm³/mol. The third-order valence-corrected chi connectivity index (χ3v) is 1.89. The van der Waals surface area contributed by atoms with Crippen LogP contribution in [-0.4, -0.2) is 49.9 Å². The second-order valence-corrected chi connectivity index (χ2v) is 3.60. The van der Waals surface area contributed by atoms with Gasteiger partial charge in [-0.3, -0.25) is 0 Å². The van der Waals surface area contributed by atoms with E-state index in [-0.39, 0.29) is 0 Å². The van der Waals surface area contributed by atoms with Crippen molar-refractivity contribution < 1.29 is 9.59 Å². The average molecular weight is 161 g/mol. The van der Waals surface area contributed by atoms with Crippen LogP contribution in [0.5, 0.6) is 0 Å². The first-order chi connectivity index (χ1) is 5.12. The Morgan fingerprint density at radius 3 is 2.18 bits per heavy atom. The third-order valence-electron chi connectivity index (χ3n) is 1.89. The fraction of sp³-hybridized carbons (Fsp3) is 1.00. The van der Waals surface area contributed by atoms with E-state index in [4.69, 9.17) is 10.8 Å². The van der Waals surface area contributed by atoms with E-state index in [0.717, 1.165) is 37.0 Å². The van der Waals surface area contributed by atoms with Crippen LogP contribution in [0.3, 0.4) is 0 Å². The van der Waals surface area contributed by atoms with Gasteiger partial charge in [-0.15, -0.1) is 0 Å². The highest BCUT2D eigenvalue weighted by atomic mass is 16.3.